The highest BCUT2D eigenvalue weighted by molar-refractivity contribution is 5.92. The van der Waals surface area contributed by atoms with Gasteiger partial charge in [0.1, 0.15) is 5.52 Å². The summed E-state index contributed by atoms with van der Waals surface area (Å²) < 4.78 is 2.11. The Labute approximate surface area is 364 Å². The molecular weight excluding hydrogens is 777 g/mol. The summed E-state index contributed by atoms with van der Waals surface area (Å²) in [4.78, 5) is 50.4. The van der Waals surface area contributed by atoms with Crippen LogP contribution in [-0.4, -0.2) is 78.1 Å². The first-order valence-electron chi connectivity index (χ1n) is 22.0. The number of rotatable bonds is 22. The molecule has 0 saturated carbocycles. The first kappa shape index (κ1) is 43.3. The van der Waals surface area contributed by atoms with Crippen molar-refractivity contribution in [1.82, 2.24) is 39.5 Å². The van der Waals surface area contributed by atoms with Crippen LogP contribution in [0.4, 0.5) is 46.8 Å². The molecule has 0 aliphatic heterocycles. The Morgan fingerprint density at radius 2 is 1.42 bits per heavy atom. The van der Waals surface area contributed by atoms with Crippen LogP contribution in [0.2, 0.25) is 0 Å². The number of imidazole rings is 2. The second-order valence-corrected chi connectivity index (χ2v) is 15.8. The SMILES string of the molecule is CCCN(CCC)c1nc(NC(C)=O)nc2c1nc(Nc1ccc(C)cc1)n2CCCN(CCC)c1nc(NCCCc2ccccc2)nc2nc(Nc3cccc(C)c3)[nH]c12. The van der Waals surface area contributed by atoms with Crippen molar-refractivity contribution in [2.45, 2.75) is 86.6 Å². The molecule has 1 amide bonds. The zero-order valence-electron chi connectivity index (χ0n) is 36.9. The Hall–Kier alpha value is -6.77. The highest BCUT2D eigenvalue weighted by Gasteiger charge is 2.23. The molecule has 7 rings (SSSR count). The van der Waals surface area contributed by atoms with Crippen LogP contribution in [0.1, 0.15) is 76.5 Å². The van der Waals surface area contributed by atoms with Crippen LogP contribution in [0.15, 0.2) is 78.9 Å². The van der Waals surface area contributed by atoms with Crippen molar-refractivity contribution >= 4 is 75.0 Å². The third-order valence-electron chi connectivity index (χ3n) is 10.4. The summed E-state index contributed by atoms with van der Waals surface area (Å²) in [6, 6.07) is 27.0. The molecule has 0 aliphatic rings. The number of carbonyl (C=O) groups excluding carboxylic acids is 1. The molecule has 7 aromatic rings. The van der Waals surface area contributed by atoms with Crippen LogP contribution in [0.25, 0.3) is 22.3 Å². The third kappa shape index (κ3) is 10.9. The molecule has 0 fully saturated rings. The number of nitrogens with one attached hydrogen (secondary N) is 5. The molecule has 0 spiro atoms. The molecule has 4 heterocycles. The molecule has 0 radical (unpaired) electrons. The number of H-pyrrole nitrogens is 1. The lowest BCUT2D eigenvalue weighted by atomic mass is 10.1. The van der Waals surface area contributed by atoms with Gasteiger partial charge in [-0.25, -0.2) is 4.98 Å². The van der Waals surface area contributed by atoms with E-state index in [0.29, 0.717) is 53.6 Å². The maximum atomic E-state index is 12.4. The predicted molar refractivity (Wildman–Crippen MR) is 253 cm³/mol. The van der Waals surface area contributed by atoms with Crippen molar-refractivity contribution in [3.63, 3.8) is 0 Å². The summed E-state index contributed by atoms with van der Waals surface area (Å²) in [6.45, 7) is 16.4. The second-order valence-electron chi connectivity index (χ2n) is 15.8. The van der Waals surface area contributed by atoms with E-state index in [-0.39, 0.29) is 11.9 Å². The number of aromatic nitrogens is 8. The lowest BCUT2D eigenvalue weighted by Crippen LogP contribution is -2.28. The van der Waals surface area contributed by atoms with Crippen molar-refractivity contribution in [2.24, 2.45) is 0 Å². The van der Waals surface area contributed by atoms with E-state index in [9.17, 15) is 4.79 Å². The molecular formula is C47H60N14O. The Kier molecular flexibility index (Phi) is 14.4. The summed E-state index contributed by atoms with van der Waals surface area (Å²) >= 11 is 0. The minimum absolute atomic E-state index is 0.232. The molecule has 0 bridgehead atoms. The van der Waals surface area contributed by atoms with Gasteiger partial charge in [-0.1, -0.05) is 80.9 Å². The molecule has 15 nitrogen and oxygen atoms in total. The number of hydrogen-bond donors (Lipinski definition) is 5. The van der Waals surface area contributed by atoms with Crippen LogP contribution in [0, 0.1) is 13.8 Å². The molecule has 15 heteroatoms. The molecule has 0 aliphatic carbocycles. The summed E-state index contributed by atoms with van der Waals surface area (Å²) in [5, 5.41) is 13.4. The van der Waals surface area contributed by atoms with Crippen LogP contribution in [-0.2, 0) is 17.8 Å². The molecule has 0 unspecified atom stereocenters. The summed E-state index contributed by atoms with van der Waals surface area (Å²) in [6.07, 6.45) is 5.39. The van der Waals surface area contributed by atoms with Gasteiger partial charge in [0.25, 0.3) is 0 Å². The van der Waals surface area contributed by atoms with Crippen molar-refractivity contribution in [3.05, 3.63) is 95.6 Å². The molecule has 5 N–H and O–H groups in total. The van der Waals surface area contributed by atoms with Crippen LogP contribution in [0.3, 0.4) is 0 Å². The predicted octanol–water partition coefficient (Wildman–Crippen LogP) is 9.53. The van der Waals surface area contributed by atoms with Crippen molar-refractivity contribution in [2.75, 3.05) is 63.8 Å². The summed E-state index contributed by atoms with van der Waals surface area (Å²) in [5.74, 6) is 3.32. The van der Waals surface area contributed by atoms with Gasteiger partial charge in [-0.3, -0.25) is 14.7 Å². The van der Waals surface area contributed by atoms with E-state index in [1.54, 1.807) is 0 Å². The lowest BCUT2D eigenvalue weighted by Gasteiger charge is -2.24. The summed E-state index contributed by atoms with van der Waals surface area (Å²) in [5.41, 5.74) is 8.16. The number of aromatic amines is 1. The molecule has 0 atom stereocenters. The molecule has 62 heavy (non-hydrogen) atoms. The number of benzene rings is 3. The molecule has 0 saturated heterocycles. The smallest absolute Gasteiger partial charge is 0.233 e. The Morgan fingerprint density at radius 1 is 0.694 bits per heavy atom. The van der Waals surface area contributed by atoms with Crippen LogP contribution >= 0.6 is 0 Å². The van der Waals surface area contributed by atoms with Crippen molar-refractivity contribution in [1.29, 1.82) is 0 Å². The normalized spacial score (nSPS) is 11.3. The fraction of sp³-hybridized carbons (Fsp3) is 0.383. The van der Waals surface area contributed by atoms with E-state index in [1.165, 1.54) is 18.1 Å². The first-order valence-corrected chi connectivity index (χ1v) is 22.0. The standard InChI is InChI=1S/C47H60N14O/c1-7-26-59(27-8-2)42-39-43(58-45(57-42)49-34(6)62)61(47(53-39)51-36-23-21-32(4)22-24-36)30-15-29-60(28-9-3)41-38-40(55-46(52-38)50-37-20-13-16-33(5)31-37)54-44(56-41)48-25-14-19-35-17-11-10-12-18-35/h10-13,16-18,20-24,31H,7-9,14-15,19,25-30H2,1-6H3,(H,51,53)(H,49,57,58,62)(H3,48,50,52,54,55,56). The molecule has 4 aromatic heterocycles. The van der Waals surface area contributed by atoms with Crippen molar-refractivity contribution < 1.29 is 4.79 Å². The summed E-state index contributed by atoms with van der Waals surface area (Å²) in [7, 11) is 0. The van der Waals surface area contributed by atoms with E-state index >= 15 is 0 Å². The average Bonchev–Trinajstić information content (AvgIpc) is 3.82. The van der Waals surface area contributed by atoms with E-state index in [4.69, 9.17) is 29.9 Å². The van der Waals surface area contributed by atoms with E-state index < -0.39 is 0 Å². The highest BCUT2D eigenvalue weighted by atomic mass is 16.1. The fourth-order valence-electron chi connectivity index (χ4n) is 7.62. The number of nitrogens with zero attached hydrogens (tertiary/aromatic N) is 9. The van der Waals surface area contributed by atoms with Gasteiger partial charge in [-0.2, -0.15) is 24.9 Å². The number of amides is 1. The second kappa shape index (κ2) is 20.7. The average molecular weight is 837 g/mol. The van der Waals surface area contributed by atoms with Crippen molar-refractivity contribution in [3.8, 4) is 0 Å². The van der Waals surface area contributed by atoms with Gasteiger partial charge in [0, 0.05) is 57.6 Å². The Bertz CT molecular complexity index is 2540. The number of fused-ring (bicyclic) bond motifs is 2. The van der Waals surface area contributed by atoms with E-state index in [1.807, 2.05) is 18.2 Å². The van der Waals surface area contributed by atoms with E-state index in [0.717, 1.165) is 93.0 Å². The lowest BCUT2D eigenvalue weighted by molar-refractivity contribution is -0.114. The Balaban J connectivity index is 1.22. The molecule has 324 valence electrons. The monoisotopic (exact) mass is 837 g/mol. The van der Waals surface area contributed by atoms with E-state index in [2.05, 4.69) is 136 Å². The number of anilines is 8. The topological polar surface area (TPSA) is 170 Å². The largest absolute Gasteiger partial charge is 0.355 e. The zero-order valence-corrected chi connectivity index (χ0v) is 36.9. The van der Waals surface area contributed by atoms with Crippen LogP contribution < -0.4 is 31.1 Å². The zero-order chi connectivity index (χ0) is 43.4. The van der Waals surface area contributed by atoms with Crippen LogP contribution in [0.5, 0.6) is 0 Å². The first-order chi connectivity index (χ1) is 30.2. The van der Waals surface area contributed by atoms with Gasteiger partial charge in [-0.15, -0.1) is 0 Å². The minimum atomic E-state index is -0.232. The number of carbonyl (C=O) groups is 1. The van der Waals surface area contributed by atoms with Gasteiger partial charge in [-0.05, 0) is 87.8 Å². The highest BCUT2D eigenvalue weighted by Crippen LogP contribution is 2.32. The molecule has 3 aromatic carbocycles. The van der Waals surface area contributed by atoms with Gasteiger partial charge >= 0.3 is 0 Å². The van der Waals surface area contributed by atoms with Gasteiger partial charge < -0.3 is 30.7 Å². The number of aryl methyl sites for hydroxylation is 4. The maximum absolute atomic E-state index is 12.4. The fourth-order valence-corrected chi connectivity index (χ4v) is 7.62. The maximum Gasteiger partial charge on any atom is 0.233 e. The van der Waals surface area contributed by atoms with Gasteiger partial charge in [0.15, 0.2) is 28.4 Å². The Morgan fingerprint density at radius 3 is 2.13 bits per heavy atom. The number of hydrogen-bond acceptors (Lipinski definition) is 12. The minimum Gasteiger partial charge on any atom is -0.355 e. The quantitative estimate of drug-likeness (QED) is 0.0411. The van der Waals surface area contributed by atoms with Gasteiger partial charge in [0.05, 0.1) is 0 Å². The van der Waals surface area contributed by atoms with Gasteiger partial charge in [0.2, 0.25) is 29.7 Å². The third-order valence-corrected chi connectivity index (χ3v) is 10.4.